The number of nitro groups is 1. The Kier molecular flexibility index (Phi) is 1.86. The summed E-state index contributed by atoms with van der Waals surface area (Å²) in [4.78, 5) is 20.6. The molecule has 0 fully saturated rings. The number of benzene rings is 1. The first-order chi connectivity index (χ1) is 7.09. The molecule has 7 heteroatoms. The van der Waals surface area contributed by atoms with Crippen LogP contribution in [0.15, 0.2) is 24.4 Å². The summed E-state index contributed by atoms with van der Waals surface area (Å²) in [5.41, 5.74) is 0.0437. The van der Waals surface area contributed by atoms with Crippen molar-refractivity contribution in [1.82, 2.24) is 9.78 Å². The zero-order valence-corrected chi connectivity index (χ0v) is 7.32. The third-order valence-electron chi connectivity index (χ3n) is 1.95. The molecule has 2 aromatic rings. The van der Waals surface area contributed by atoms with Gasteiger partial charge in [-0.3, -0.25) is 10.1 Å². The van der Waals surface area contributed by atoms with Crippen molar-refractivity contribution < 1.29 is 14.8 Å². The summed E-state index contributed by atoms with van der Waals surface area (Å²) in [5.74, 6) is 0. The number of hydrogen-bond acceptors (Lipinski definition) is 4. The Morgan fingerprint density at radius 1 is 1.53 bits per heavy atom. The molecule has 0 aliphatic rings. The first kappa shape index (κ1) is 9.13. The number of non-ortho nitro benzene ring substituents is 1. The molecule has 0 saturated carbocycles. The van der Waals surface area contributed by atoms with E-state index in [9.17, 15) is 14.9 Å². The van der Waals surface area contributed by atoms with Crippen LogP contribution in [0.3, 0.4) is 0 Å². The molecule has 0 unspecified atom stereocenters. The number of nitro benzene ring substituents is 1. The molecule has 1 N–H and O–H groups in total. The van der Waals surface area contributed by atoms with Crippen molar-refractivity contribution in [3.63, 3.8) is 0 Å². The quantitative estimate of drug-likeness (QED) is 0.563. The molecule has 76 valence electrons. The average molecular weight is 207 g/mol. The Morgan fingerprint density at radius 2 is 2.27 bits per heavy atom. The number of rotatable bonds is 1. The van der Waals surface area contributed by atoms with Gasteiger partial charge in [-0.25, -0.2) is 4.79 Å². The zero-order valence-electron chi connectivity index (χ0n) is 7.32. The summed E-state index contributed by atoms with van der Waals surface area (Å²) in [6.07, 6.45) is 0.0678. The van der Waals surface area contributed by atoms with Crippen LogP contribution in [-0.4, -0.2) is 25.9 Å². The third-order valence-corrected chi connectivity index (χ3v) is 1.95. The largest absolute Gasteiger partial charge is 0.463 e. The highest BCUT2D eigenvalue weighted by Crippen LogP contribution is 2.20. The molecule has 0 atom stereocenters. The summed E-state index contributed by atoms with van der Waals surface area (Å²) >= 11 is 0. The summed E-state index contributed by atoms with van der Waals surface area (Å²) < 4.78 is 0.697. The fourth-order valence-corrected chi connectivity index (χ4v) is 1.27. The molecular weight excluding hydrogens is 202 g/mol. The van der Waals surface area contributed by atoms with Gasteiger partial charge in [-0.2, -0.15) is 9.78 Å². The van der Waals surface area contributed by atoms with Crippen LogP contribution in [0.5, 0.6) is 0 Å². The molecule has 0 aliphatic carbocycles. The maximum Gasteiger partial charge on any atom is 0.432 e. The number of aromatic nitrogens is 2. The van der Waals surface area contributed by atoms with E-state index in [1.165, 1.54) is 24.4 Å². The fourth-order valence-electron chi connectivity index (χ4n) is 1.27. The number of hydrogen-bond donors (Lipinski definition) is 1. The van der Waals surface area contributed by atoms with E-state index >= 15 is 0 Å². The van der Waals surface area contributed by atoms with Crippen molar-refractivity contribution in [2.45, 2.75) is 0 Å². The number of nitrogens with zero attached hydrogens (tertiary/aromatic N) is 3. The van der Waals surface area contributed by atoms with E-state index in [-0.39, 0.29) is 11.2 Å². The van der Waals surface area contributed by atoms with Crippen LogP contribution in [0.4, 0.5) is 10.5 Å². The van der Waals surface area contributed by atoms with Crippen LogP contribution in [0.1, 0.15) is 0 Å². The molecule has 1 aromatic carbocycles. The summed E-state index contributed by atoms with van der Waals surface area (Å²) in [7, 11) is 0. The van der Waals surface area contributed by atoms with Gasteiger partial charge in [0.15, 0.2) is 0 Å². The molecule has 1 aromatic heterocycles. The number of carbonyl (C=O) groups is 1. The Labute approximate surface area is 82.7 Å². The molecule has 1 heterocycles. The molecule has 0 bridgehead atoms. The van der Waals surface area contributed by atoms with Gasteiger partial charge in [-0.05, 0) is 6.07 Å². The van der Waals surface area contributed by atoms with E-state index < -0.39 is 11.0 Å². The van der Waals surface area contributed by atoms with Crippen LogP contribution in [0, 0.1) is 10.1 Å². The monoisotopic (exact) mass is 207 g/mol. The van der Waals surface area contributed by atoms with E-state index in [1.807, 2.05) is 0 Å². The molecule has 2 rings (SSSR count). The van der Waals surface area contributed by atoms with Crippen LogP contribution < -0.4 is 0 Å². The minimum Gasteiger partial charge on any atom is -0.463 e. The highest BCUT2D eigenvalue weighted by atomic mass is 16.6. The second kappa shape index (κ2) is 3.05. The van der Waals surface area contributed by atoms with E-state index in [0.29, 0.717) is 10.1 Å². The highest BCUT2D eigenvalue weighted by molar-refractivity contribution is 5.88. The minimum atomic E-state index is -1.27. The lowest BCUT2D eigenvalue weighted by molar-refractivity contribution is -0.384. The van der Waals surface area contributed by atoms with Gasteiger partial charge in [0, 0.05) is 17.5 Å². The Balaban J connectivity index is 2.72. The van der Waals surface area contributed by atoms with Crippen LogP contribution in [-0.2, 0) is 0 Å². The molecular formula is C8H5N3O4. The first-order valence-electron chi connectivity index (χ1n) is 3.95. The molecule has 0 spiro atoms. The van der Waals surface area contributed by atoms with E-state index in [2.05, 4.69) is 5.10 Å². The number of fused-ring (bicyclic) bond motifs is 1. The third kappa shape index (κ3) is 1.39. The average Bonchev–Trinajstić information content (AvgIpc) is 2.59. The Hall–Kier alpha value is -2.44. The normalized spacial score (nSPS) is 10.4. The predicted octanol–water partition coefficient (Wildman–Crippen LogP) is 1.47. The van der Waals surface area contributed by atoms with Crippen LogP contribution in [0.2, 0.25) is 0 Å². The van der Waals surface area contributed by atoms with Crippen LogP contribution >= 0.6 is 0 Å². The van der Waals surface area contributed by atoms with E-state index in [4.69, 9.17) is 5.11 Å². The van der Waals surface area contributed by atoms with Crippen molar-refractivity contribution in [1.29, 1.82) is 0 Å². The summed E-state index contributed by atoms with van der Waals surface area (Å²) in [6.45, 7) is 0. The molecule has 7 nitrogen and oxygen atoms in total. The van der Waals surface area contributed by atoms with Crippen molar-refractivity contribution in [2.75, 3.05) is 0 Å². The number of carboxylic acid groups (broad SMARTS) is 1. The Morgan fingerprint density at radius 3 is 2.87 bits per heavy atom. The van der Waals surface area contributed by atoms with Gasteiger partial charge in [-0.1, -0.05) is 0 Å². The molecule has 0 radical (unpaired) electrons. The van der Waals surface area contributed by atoms with Gasteiger partial charge in [0.05, 0.1) is 16.6 Å². The minimum absolute atomic E-state index is 0.162. The van der Waals surface area contributed by atoms with Crippen molar-refractivity contribution in [3.8, 4) is 0 Å². The van der Waals surface area contributed by atoms with E-state index in [1.54, 1.807) is 0 Å². The smallest absolute Gasteiger partial charge is 0.432 e. The lowest BCUT2D eigenvalue weighted by Gasteiger charge is -1.95. The second-order valence-corrected chi connectivity index (χ2v) is 2.84. The maximum atomic E-state index is 10.7. The first-order valence-corrected chi connectivity index (χ1v) is 3.95. The van der Waals surface area contributed by atoms with Crippen molar-refractivity contribution >= 4 is 22.7 Å². The molecule has 0 saturated heterocycles. The molecule has 15 heavy (non-hydrogen) atoms. The topological polar surface area (TPSA) is 98.3 Å². The molecule has 0 amide bonds. The maximum absolute atomic E-state index is 10.7. The van der Waals surface area contributed by atoms with E-state index in [0.717, 1.165) is 0 Å². The standard InChI is InChI=1S/C8H5N3O4/c12-8(13)10-7-3-6(11(14)15)2-1-5(7)4-9-10/h1-4H,(H,12,13). The lowest BCUT2D eigenvalue weighted by Crippen LogP contribution is -2.09. The zero-order chi connectivity index (χ0) is 11.0. The van der Waals surface area contributed by atoms with Crippen molar-refractivity contribution in [2.24, 2.45) is 0 Å². The van der Waals surface area contributed by atoms with Gasteiger partial charge in [0.2, 0.25) is 0 Å². The van der Waals surface area contributed by atoms with Crippen molar-refractivity contribution in [3.05, 3.63) is 34.5 Å². The lowest BCUT2D eigenvalue weighted by atomic mass is 10.2. The second-order valence-electron chi connectivity index (χ2n) is 2.84. The van der Waals surface area contributed by atoms with Gasteiger partial charge >= 0.3 is 6.09 Å². The van der Waals surface area contributed by atoms with Gasteiger partial charge in [-0.15, -0.1) is 0 Å². The van der Waals surface area contributed by atoms with Gasteiger partial charge in [0.25, 0.3) is 5.69 Å². The summed E-state index contributed by atoms with van der Waals surface area (Å²) in [6, 6.07) is 3.94. The fraction of sp³-hybridized carbons (Fsp3) is 0. The Bertz CT molecular complexity index is 560. The van der Waals surface area contributed by atoms with Crippen LogP contribution in [0.25, 0.3) is 10.9 Å². The molecule has 0 aliphatic heterocycles. The van der Waals surface area contributed by atoms with Gasteiger partial charge in [0.1, 0.15) is 0 Å². The highest BCUT2D eigenvalue weighted by Gasteiger charge is 2.12. The SMILES string of the molecule is O=C(O)n1ncc2ccc([N+](=O)[O-])cc21. The summed E-state index contributed by atoms with van der Waals surface area (Å²) in [5, 5.41) is 23.3. The predicted molar refractivity (Wildman–Crippen MR) is 49.8 cm³/mol. The van der Waals surface area contributed by atoms with Gasteiger partial charge < -0.3 is 5.11 Å².